The highest BCUT2D eigenvalue weighted by Gasteiger charge is 2.26. The smallest absolute Gasteiger partial charge is 0.211 e. The Hall–Kier alpha value is -2.58. The summed E-state index contributed by atoms with van der Waals surface area (Å²) in [7, 11) is 2.17. The van der Waals surface area contributed by atoms with Crippen LogP contribution in [0.3, 0.4) is 0 Å². The van der Waals surface area contributed by atoms with Crippen LogP contribution in [0, 0.1) is 0 Å². The van der Waals surface area contributed by atoms with E-state index in [-0.39, 0.29) is 6.67 Å². The Balaban J connectivity index is 1.34. The maximum Gasteiger partial charge on any atom is 0.211 e. The molecule has 1 unspecified atom stereocenters. The minimum Gasteiger partial charge on any atom is -0.339 e. The lowest BCUT2D eigenvalue weighted by atomic mass is 9.91. The van der Waals surface area contributed by atoms with Gasteiger partial charge in [0.15, 0.2) is 0 Å². The number of aromatic nitrogens is 4. The lowest BCUT2D eigenvalue weighted by Gasteiger charge is -2.34. The van der Waals surface area contributed by atoms with Gasteiger partial charge in [0, 0.05) is 57.9 Å². The molecule has 0 radical (unpaired) electrons. The molecule has 0 bridgehead atoms. The number of anilines is 1. The second-order valence-corrected chi connectivity index (χ2v) is 8.59. The molecule has 1 atom stereocenters. The molecule has 5 rings (SSSR count). The lowest BCUT2D eigenvalue weighted by Crippen LogP contribution is -2.47. The fourth-order valence-corrected chi connectivity index (χ4v) is 4.94. The summed E-state index contributed by atoms with van der Waals surface area (Å²) in [5.74, 6) is 0.920. The summed E-state index contributed by atoms with van der Waals surface area (Å²) in [4.78, 5) is 21.0. The summed E-state index contributed by atoms with van der Waals surface area (Å²) in [5.41, 5.74) is 4.55. The van der Waals surface area contributed by atoms with Crippen LogP contribution in [0.25, 0.3) is 5.65 Å². The number of hydrogen-bond acceptors (Lipinski definition) is 6. The van der Waals surface area contributed by atoms with E-state index in [4.69, 9.17) is 4.98 Å². The molecule has 164 valence electrons. The number of imidazole rings is 1. The first-order valence-corrected chi connectivity index (χ1v) is 11.2. The van der Waals surface area contributed by atoms with E-state index in [2.05, 4.69) is 48.4 Å². The van der Waals surface area contributed by atoms with E-state index >= 15 is 0 Å². The van der Waals surface area contributed by atoms with Gasteiger partial charge >= 0.3 is 0 Å². The zero-order valence-corrected chi connectivity index (χ0v) is 18.1. The highest BCUT2D eigenvalue weighted by Crippen LogP contribution is 2.32. The van der Waals surface area contributed by atoms with Gasteiger partial charge in [-0.1, -0.05) is 6.07 Å². The molecule has 31 heavy (non-hydrogen) atoms. The highest BCUT2D eigenvalue weighted by molar-refractivity contribution is 5.48. The zero-order valence-electron chi connectivity index (χ0n) is 18.1. The number of aryl methyl sites for hydroxylation is 1. The predicted molar refractivity (Wildman–Crippen MR) is 119 cm³/mol. The maximum absolute atomic E-state index is 12.6. The summed E-state index contributed by atoms with van der Waals surface area (Å²) in [6.45, 7) is 4.43. The molecule has 3 aromatic rings. The molecule has 0 N–H and O–H groups in total. The number of rotatable bonds is 6. The van der Waals surface area contributed by atoms with Crippen LogP contribution >= 0.6 is 0 Å². The van der Waals surface area contributed by atoms with Crippen molar-refractivity contribution in [3.63, 3.8) is 0 Å². The van der Waals surface area contributed by atoms with Crippen molar-refractivity contribution in [3.05, 3.63) is 53.7 Å². The van der Waals surface area contributed by atoms with Gasteiger partial charge in [-0.3, -0.25) is 19.2 Å². The Kier molecular flexibility index (Phi) is 5.82. The zero-order chi connectivity index (χ0) is 21.2. The van der Waals surface area contributed by atoms with E-state index in [9.17, 15) is 4.39 Å². The predicted octanol–water partition coefficient (Wildman–Crippen LogP) is 2.73. The number of pyridine rings is 1. The molecular formula is C23H30FN7. The van der Waals surface area contributed by atoms with Gasteiger partial charge in [0.05, 0.1) is 17.4 Å². The van der Waals surface area contributed by atoms with Gasteiger partial charge in [-0.2, -0.15) is 0 Å². The van der Waals surface area contributed by atoms with E-state index in [1.165, 1.54) is 17.7 Å². The van der Waals surface area contributed by atoms with Crippen LogP contribution in [-0.2, 0) is 13.0 Å². The number of hydrogen-bond donors (Lipinski definition) is 0. The van der Waals surface area contributed by atoms with Crippen molar-refractivity contribution in [3.8, 4) is 0 Å². The van der Waals surface area contributed by atoms with Gasteiger partial charge in [0.25, 0.3) is 0 Å². The summed E-state index contributed by atoms with van der Waals surface area (Å²) in [6.07, 6.45) is 9.30. The first-order valence-electron chi connectivity index (χ1n) is 11.2. The summed E-state index contributed by atoms with van der Waals surface area (Å²) in [5, 5.41) is 0. The van der Waals surface area contributed by atoms with Gasteiger partial charge in [-0.25, -0.2) is 14.4 Å². The van der Waals surface area contributed by atoms with E-state index < -0.39 is 0 Å². The first kappa shape index (κ1) is 20.3. The Bertz CT molecular complexity index is 1030. The minimum atomic E-state index is -0.285. The van der Waals surface area contributed by atoms with E-state index in [0.717, 1.165) is 62.9 Å². The minimum absolute atomic E-state index is 0.285. The molecule has 0 saturated carbocycles. The van der Waals surface area contributed by atoms with Crippen LogP contribution in [0.4, 0.5) is 10.3 Å². The van der Waals surface area contributed by atoms with Gasteiger partial charge in [-0.15, -0.1) is 0 Å². The van der Waals surface area contributed by atoms with Crippen molar-refractivity contribution in [1.82, 2.24) is 29.2 Å². The monoisotopic (exact) mass is 423 g/mol. The Morgan fingerprint density at radius 3 is 2.84 bits per heavy atom. The number of piperazine rings is 1. The topological polar surface area (TPSA) is 52.8 Å². The molecule has 0 amide bonds. The summed E-state index contributed by atoms with van der Waals surface area (Å²) in [6, 6.07) is 6.54. The average Bonchev–Trinajstić information content (AvgIpc) is 3.22. The third-order valence-corrected chi connectivity index (χ3v) is 6.58. The van der Waals surface area contributed by atoms with Crippen molar-refractivity contribution in [1.29, 1.82) is 0 Å². The van der Waals surface area contributed by atoms with Crippen molar-refractivity contribution in [2.45, 2.75) is 31.8 Å². The van der Waals surface area contributed by atoms with Crippen molar-refractivity contribution >= 4 is 11.6 Å². The largest absolute Gasteiger partial charge is 0.339 e. The van der Waals surface area contributed by atoms with Crippen LogP contribution in [0.2, 0.25) is 0 Å². The van der Waals surface area contributed by atoms with Gasteiger partial charge in [0.1, 0.15) is 12.3 Å². The molecule has 1 aliphatic carbocycles. The molecule has 1 fully saturated rings. The third kappa shape index (κ3) is 4.14. The number of fused-ring (bicyclic) bond motifs is 2. The van der Waals surface area contributed by atoms with Gasteiger partial charge < -0.3 is 4.90 Å². The van der Waals surface area contributed by atoms with Crippen molar-refractivity contribution < 1.29 is 4.39 Å². The Morgan fingerprint density at radius 2 is 2.00 bits per heavy atom. The molecule has 1 aliphatic heterocycles. The van der Waals surface area contributed by atoms with Gasteiger partial charge in [-0.05, 0) is 44.0 Å². The summed E-state index contributed by atoms with van der Waals surface area (Å²) < 4.78 is 14.7. The maximum atomic E-state index is 12.6. The Labute approximate surface area is 182 Å². The molecule has 2 aliphatic rings. The molecule has 1 saturated heterocycles. The van der Waals surface area contributed by atoms with Crippen LogP contribution in [-0.4, -0.2) is 75.6 Å². The van der Waals surface area contributed by atoms with E-state index in [0.29, 0.717) is 12.6 Å². The normalized spacial score (nSPS) is 19.8. The molecule has 4 heterocycles. The van der Waals surface area contributed by atoms with Crippen LogP contribution < -0.4 is 4.90 Å². The first-order chi connectivity index (χ1) is 15.2. The molecule has 0 spiro atoms. The fraction of sp³-hybridized carbons (Fsp3) is 0.522. The third-order valence-electron chi connectivity index (χ3n) is 6.58. The Morgan fingerprint density at radius 1 is 1.13 bits per heavy atom. The molecule has 0 aromatic carbocycles. The average molecular weight is 424 g/mol. The molecule has 7 nitrogen and oxygen atoms in total. The fourth-order valence-electron chi connectivity index (χ4n) is 4.94. The lowest BCUT2D eigenvalue weighted by molar-refractivity contribution is 0.206. The highest BCUT2D eigenvalue weighted by atomic mass is 19.1. The van der Waals surface area contributed by atoms with Crippen molar-refractivity contribution in [2.24, 2.45) is 0 Å². The number of nitrogens with zero attached hydrogens (tertiary/aromatic N) is 7. The van der Waals surface area contributed by atoms with E-state index in [1.54, 1.807) is 0 Å². The van der Waals surface area contributed by atoms with Crippen LogP contribution in [0.5, 0.6) is 0 Å². The van der Waals surface area contributed by atoms with Crippen LogP contribution in [0.1, 0.15) is 35.8 Å². The SMILES string of the molecule is CN(Cc1cn2c(N3CCN(CCF)CC3)nccc2n1)C1CCCc2cccnc21. The van der Waals surface area contributed by atoms with Crippen LogP contribution in [0.15, 0.2) is 36.8 Å². The number of halogens is 1. The van der Waals surface area contributed by atoms with Gasteiger partial charge in [0.2, 0.25) is 5.95 Å². The molecular weight excluding hydrogens is 393 g/mol. The second-order valence-electron chi connectivity index (χ2n) is 8.59. The van der Waals surface area contributed by atoms with E-state index in [1.807, 2.05) is 24.5 Å². The van der Waals surface area contributed by atoms with Crippen molar-refractivity contribution in [2.75, 3.05) is 51.3 Å². The summed E-state index contributed by atoms with van der Waals surface area (Å²) >= 11 is 0. The number of alkyl halides is 1. The molecule has 8 heteroatoms. The second kappa shape index (κ2) is 8.88. The standard InChI is InChI=1S/C23H30FN7/c1-28(20-6-2-4-18-5-3-9-25-22(18)20)16-19-17-31-21(27-19)7-10-26-23(31)30-14-12-29(11-8-24)13-15-30/h3,5,7,9-10,17,20H,2,4,6,8,11-16H2,1H3. The molecule has 3 aromatic heterocycles. The quantitative estimate of drug-likeness (QED) is 0.608.